The van der Waals surface area contributed by atoms with Crippen LogP contribution in [0.2, 0.25) is 0 Å². The van der Waals surface area contributed by atoms with Gasteiger partial charge in [0.05, 0.1) is 11.2 Å². The van der Waals surface area contributed by atoms with Crippen molar-refractivity contribution in [1.29, 1.82) is 0 Å². The minimum atomic E-state index is -3.57. The van der Waals surface area contributed by atoms with Crippen molar-refractivity contribution in [2.45, 2.75) is 85.4 Å². The SMILES string of the molecule is CC1(C)[C@H](C(=O)O)N2C(=O)C[C@H]2S1(=O)=O.CCN1CCN(C(=O)N[C@@H](C(=O)N[C@@H]2C(=O)N3[C@@H]2SC(C)(C)[C@@H]3C(=O)O)c2ccccc2)C(=O)C1=O. The van der Waals surface area contributed by atoms with Crippen molar-refractivity contribution in [3.63, 3.8) is 0 Å². The van der Waals surface area contributed by atoms with E-state index in [-0.39, 0.29) is 19.5 Å². The van der Waals surface area contributed by atoms with Crippen LogP contribution >= 0.6 is 11.8 Å². The maximum Gasteiger partial charge on any atom is 0.328 e. The zero-order chi connectivity index (χ0) is 38.0. The summed E-state index contributed by atoms with van der Waals surface area (Å²) in [6.07, 6.45) is -0.0878. The molecule has 7 amide bonds. The van der Waals surface area contributed by atoms with Gasteiger partial charge in [-0.25, -0.2) is 22.8 Å². The van der Waals surface area contributed by atoms with E-state index in [1.54, 1.807) is 51.1 Å². The number of fused-ring (bicyclic) bond motifs is 2. The van der Waals surface area contributed by atoms with Crippen LogP contribution in [0.3, 0.4) is 0 Å². The number of piperazine rings is 1. The van der Waals surface area contributed by atoms with E-state index in [1.165, 1.54) is 35.4 Å². The Balaban J connectivity index is 0.000000279. The highest BCUT2D eigenvalue weighted by Gasteiger charge is 2.68. The monoisotopic (exact) mass is 750 g/mol. The standard InChI is InChI=1S/C23H27N5O7S.C8H11NO5S/c1-4-26-10-11-27(19(32)18(26)31)22(35)25-13(12-8-6-5-7-9-12)16(29)24-14-17(30)28-15(21(33)34)23(2,3)36-20(14)28;1-8(2)6(7(11)12)9-4(10)3-5(9)15(8,13)14/h5-9,13-15,20H,4,10-11H2,1-3H3,(H,24,29)(H,25,35)(H,33,34);5-6H,3H2,1-2H3,(H,11,12)/t13-,14-,15+,20-;5-,6+/m11/s1. The number of nitrogens with zero attached hydrogens (tertiary/aromatic N) is 4. The number of imide groups is 1. The van der Waals surface area contributed by atoms with Gasteiger partial charge in [-0.3, -0.25) is 28.9 Å². The number of hydrogen-bond donors (Lipinski definition) is 4. The van der Waals surface area contributed by atoms with Crippen LogP contribution in [0.1, 0.15) is 52.6 Å². The Hall–Kier alpha value is -4.72. The van der Waals surface area contributed by atoms with E-state index in [2.05, 4.69) is 10.6 Å². The third-order valence-corrected chi connectivity index (χ3v) is 14.2. The van der Waals surface area contributed by atoms with E-state index in [0.29, 0.717) is 12.1 Å². The highest BCUT2D eigenvalue weighted by atomic mass is 32.2. The highest BCUT2D eigenvalue weighted by molar-refractivity contribution is 8.01. The van der Waals surface area contributed by atoms with Gasteiger partial charge in [0.1, 0.15) is 34.9 Å². The Morgan fingerprint density at radius 2 is 1.53 bits per heavy atom. The predicted octanol–water partition coefficient (Wildman–Crippen LogP) is -1.04. The molecule has 51 heavy (non-hydrogen) atoms. The number of amides is 7. The molecule has 276 valence electrons. The molecular formula is C31H38N6O12S2. The van der Waals surface area contributed by atoms with Crippen LogP contribution in [0.25, 0.3) is 0 Å². The number of carbonyl (C=O) groups excluding carboxylic acids is 6. The third-order valence-electron chi connectivity index (χ3n) is 9.78. The number of likely N-dealkylation sites (N-methyl/N-ethyl adjacent to an activating group) is 1. The van der Waals surface area contributed by atoms with Crippen molar-refractivity contribution in [3.8, 4) is 0 Å². The van der Waals surface area contributed by atoms with Gasteiger partial charge >= 0.3 is 29.8 Å². The normalized spacial score (nSPS) is 28.7. The van der Waals surface area contributed by atoms with Crippen LogP contribution in [-0.2, 0) is 43.4 Å². The smallest absolute Gasteiger partial charge is 0.328 e. The van der Waals surface area contributed by atoms with Gasteiger partial charge in [-0.1, -0.05) is 30.3 Å². The summed E-state index contributed by atoms with van der Waals surface area (Å²) in [6.45, 7) is 8.38. The van der Waals surface area contributed by atoms with Gasteiger partial charge in [0.25, 0.3) is 0 Å². The van der Waals surface area contributed by atoms with Crippen LogP contribution < -0.4 is 10.6 Å². The van der Waals surface area contributed by atoms with E-state index >= 15 is 0 Å². The molecule has 6 atom stereocenters. The molecule has 5 aliphatic heterocycles. The molecule has 0 radical (unpaired) electrons. The molecule has 1 aromatic rings. The number of sulfone groups is 1. The molecule has 0 unspecified atom stereocenters. The largest absolute Gasteiger partial charge is 0.480 e. The first-order valence-electron chi connectivity index (χ1n) is 16.0. The molecule has 0 aromatic heterocycles. The van der Waals surface area contributed by atoms with Gasteiger partial charge in [0, 0.05) is 24.4 Å². The number of rotatable bonds is 7. The number of carbonyl (C=O) groups is 8. The molecule has 20 heteroatoms. The average molecular weight is 751 g/mol. The van der Waals surface area contributed by atoms with Crippen LogP contribution in [0.15, 0.2) is 30.3 Å². The summed E-state index contributed by atoms with van der Waals surface area (Å²) in [7, 11) is -3.57. The second kappa shape index (κ2) is 13.1. The Kier molecular flexibility index (Phi) is 9.65. The Morgan fingerprint density at radius 3 is 2.06 bits per heavy atom. The number of hydrogen-bond acceptors (Lipinski definition) is 11. The number of urea groups is 1. The number of nitrogens with one attached hydrogen (secondary N) is 2. The third kappa shape index (κ3) is 6.06. The van der Waals surface area contributed by atoms with Gasteiger partial charge in [0.15, 0.2) is 9.84 Å². The first kappa shape index (κ1) is 37.5. The number of β-lactam (4-membered cyclic amide) rings is 2. The molecule has 5 fully saturated rings. The van der Waals surface area contributed by atoms with E-state index in [4.69, 9.17) is 5.11 Å². The van der Waals surface area contributed by atoms with Crippen molar-refractivity contribution in [2.75, 3.05) is 19.6 Å². The highest BCUT2D eigenvalue weighted by Crippen LogP contribution is 2.51. The zero-order valence-corrected chi connectivity index (χ0v) is 29.9. The van der Waals surface area contributed by atoms with Crippen molar-refractivity contribution >= 4 is 69.1 Å². The molecule has 4 N–H and O–H groups in total. The van der Waals surface area contributed by atoms with Crippen LogP contribution in [0, 0.1) is 0 Å². The summed E-state index contributed by atoms with van der Waals surface area (Å²) in [5.41, 5.74) is 0.403. The molecule has 5 heterocycles. The maximum absolute atomic E-state index is 13.3. The van der Waals surface area contributed by atoms with Crippen LogP contribution in [0.4, 0.5) is 4.79 Å². The van der Waals surface area contributed by atoms with Crippen LogP contribution in [0.5, 0.6) is 0 Å². The lowest BCUT2D eigenvalue weighted by Gasteiger charge is -2.44. The van der Waals surface area contributed by atoms with Gasteiger partial charge < -0.3 is 35.5 Å². The molecule has 0 aliphatic carbocycles. The summed E-state index contributed by atoms with van der Waals surface area (Å²) >= 11 is 1.28. The fourth-order valence-corrected chi connectivity index (χ4v) is 10.7. The van der Waals surface area contributed by atoms with Crippen molar-refractivity contribution in [1.82, 2.24) is 30.2 Å². The van der Waals surface area contributed by atoms with Gasteiger partial charge in [-0.05, 0) is 40.2 Å². The number of carboxylic acid groups (broad SMARTS) is 2. The fourth-order valence-electron chi connectivity index (χ4n) is 6.93. The summed E-state index contributed by atoms with van der Waals surface area (Å²) in [5, 5.41) is 22.2. The number of benzene rings is 1. The molecule has 18 nitrogen and oxygen atoms in total. The van der Waals surface area contributed by atoms with E-state index in [0.717, 1.165) is 9.80 Å². The molecular weight excluding hydrogens is 713 g/mol. The first-order valence-corrected chi connectivity index (χ1v) is 18.4. The summed E-state index contributed by atoms with van der Waals surface area (Å²) in [4.78, 5) is 102. The Labute approximate surface area is 296 Å². The van der Waals surface area contributed by atoms with Gasteiger partial charge in [-0.2, -0.15) is 0 Å². The molecule has 6 rings (SSSR count). The topological polar surface area (TPSA) is 248 Å². The van der Waals surface area contributed by atoms with Gasteiger partial charge in [-0.15, -0.1) is 11.8 Å². The number of thioether (sulfide) groups is 1. The van der Waals surface area contributed by atoms with Crippen LogP contribution in [-0.4, -0.2) is 144 Å². The molecule has 5 aliphatic rings. The second-order valence-electron chi connectivity index (χ2n) is 13.6. The number of carboxylic acids is 2. The maximum atomic E-state index is 13.3. The van der Waals surface area contributed by atoms with Crippen molar-refractivity contribution in [2.24, 2.45) is 0 Å². The summed E-state index contributed by atoms with van der Waals surface area (Å²) < 4.78 is 21.6. The molecule has 1 aromatic carbocycles. The average Bonchev–Trinajstić information content (AvgIpc) is 3.39. The molecule has 0 bridgehead atoms. The lowest BCUT2D eigenvalue weighted by atomic mass is 9.95. The van der Waals surface area contributed by atoms with Crippen molar-refractivity contribution < 1.29 is 57.0 Å². The molecule has 0 saturated carbocycles. The summed E-state index contributed by atoms with van der Waals surface area (Å²) in [5.74, 6) is -5.79. The minimum Gasteiger partial charge on any atom is -0.480 e. The van der Waals surface area contributed by atoms with Gasteiger partial charge in [0.2, 0.25) is 17.7 Å². The molecule has 5 saturated heterocycles. The zero-order valence-electron chi connectivity index (χ0n) is 28.3. The second-order valence-corrected chi connectivity index (χ2v) is 18.0. The minimum absolute atomic E-state index is 0.0200. The number of aliphatic carboxylic acids is 2. The Bertz CT molecular complexity index is 1820. The summed E-state index contributed by atoms with van der Waals surface area (Å²) in [6, 6.07) is 2.86. The predicted molar refractivity (Wildman–Crippen MR) is 177 cm³/mol. The molecule has 0 spiro atoms. The van der Waals surface area contributed by atoms with E-state index < -0.39 is 102 Å². The Morgan fingerprint density at radius 1 is 0.922 bits per heavy atom. The first-order chi connectivity index (χ1) is 23.7. The van der Waals surface area contributed by atoms with E-state index in [9.17, 15) is 51.9 Å². The quantitative estimate of drug-likeness (QED) is 0.192. The lowest BCUT2D eigenvalue weighted by Crippen LogP contribution is -2.71. The fraction of sp³-hybridized carbons (Fsp3) is 0.548. The lowest BCUT2D eigenvalue weighted by molar-refractivity contribution is -0.161. The van der Waals surface area contributed by atoms with E-state index in [1.807, 2.05) is 0 Å². The van der Waals surface area contributed by atoms with Crippen molar-refractivity contribution in [3.05, 3.63) is 35.9 Å².